The van der Waals surface area contributed by atoms with Gasteiger partial charge in [0.25, 0.3) is 5.56 Å². The van der Waals surface area contributed by atoms with Crippen LogP contribution in [0, 0.1) is 0 Å². The first kappa shape index (κ1) is 15.6. The zero-order chi connectivity index (χ0) is 16.4. The fourth-order valence-electron chi connectivity index (χ4n) is 2.19. The Hall–Kier alpha value is -2.24. The van der Waals surface area contributed by atoms with Crippen molar-refractivity contribution < 1.29 is 4.74 Å². The van der Waals surface area contributed by atoms with Crippen LogP contribution in [0.15, 0.2) is 47.4 Å². The Balaban J connectivity index is 1.83. The van der Waals surface area contributed by atoms with E-state index in [1.807, 2.05) is 6.07 Å². The fourth-order valence-corrected chi connectivity index (χ4v) is 2.60. The summed E-state index contributed by atoms with van der Waals surface area (Å²) in [4.78, 5) is 16.5. The summed E-state index contributed by atoms with van der Waals surface area (Å²) in [6.07, 6.45) is 1.55. The molecule has 0 atom stereocenters. The number of benzene rings is 1. The SMILES string of the molecule is COc1ccc(NCc2cc(=O)n3cc(Cl)ccc3n2)cc1Cl. The van der Waals surface area contributed by atoms with Gasteiger partial charge in [-0.2, -0.15) is 0 Å². The van der Waals surface area contributed by atoms with Crippen molar-refractivity contribution in [1.29, 1.82) is 0 Å². The molecule has 1 aromatic carbocycles. The van der Waals surface area contributed by atoms with Crippen LogP contribution in [0.4, 0.5) is 5.69 Å². The number of rotatable bonds is 4. The van der Waals surface area contributed by atoms with Gasteiger partial charge in [0.05, 0.1) is 29.4 Å². The molecule has 3 rings (SSSR count). The van der Waals surface area contributed by atoms with E-state index < -0.39 is 0 Å². The van der Waals surface area contributed by atoms with Gasteiger partial charge >= 0.3 is 0 Å². The molecule has 0 saturated carbocycles. The highest BCUT2D eigenvalue weighted by Crippen LogP contribution is 2.27. The van der Waals surface area contributed by atoms with Crippen LogP contribution in [0.25, 0.3) is 5.65 Å². The lowest BCUT2D eigenvalue weighted by Crippen LogP contribution is -2.16. The number of anilines is 1. The lowest BCUT2D eigenvalue weighted by molar-refractivity contribution is 0.415. The Kier molecular flexibility index (Phi) is 4.41. The summed E-state index contributed by atoms with van der Waals surface area (Å²) < 4.78 is 6.52. The quantitative estimate of drug-likeness (QED) is 0.781. The number of fused-ring (bicyclic) bond motifs is 1. The highest BCUT2D eigenvalue weighted by molar-refractivity contribution is 6.32. The predicted octanol–water partition coefficient (Wildman–Crippen LogP) is 3.62. The number of halogens is 2. The van der Waals surface area contributed by atoms with Gasteiger partial charge in [0.2, 0.25) is 0 Å². The van der Waals surface area contributed by atoms with Gasteiger partial charge in [0, 0.05) is 18.0 Å². The first-order valence-corrected chi connectivity index (χ1v) is 7.57. The third-order valence-electron chi connectivity index (χ3n) is 3.30. The van der Waals surface area contributed by atoms with Gasteiger partial charge in [-0.25, -0.2) is 4.98 Å². The maximum absolute atomic E-state index is 12.1. The molecule has 0 unspecified atom stereocenters. The first-order valence-electron chi connectivity index (χ1n) is 6.82. The minimum atomic E-state index is -0.179. The lowest BCUT2D eigenvalue weighted by atomic mass is 10.3. The summed E-state index contributed by atoms with van der Waals surface area (Å²) in [5, 5.41) is 4.18. The molecule has 0 fully saturated rings. The Morgan fingerprint density at radius 3 is 2.78 bits per heavy atom. The summed E-state index contributed by atoms with van der Waals surface area (Å²) >= 11 is 12.0. The minimum absolute atomic E-state index is 0.179. The minimum Gasteiger partial charge on any atom is -0.495 e. The molecular formula is C16H13Cl2N3O2. The molecule has 118 valence electrons. The van der Waals surface area contributed by atoms with E-state index in [9.17, 15) is 4.79 Å². The highest BCUT2D eigenvalue weighted by Gasteiger charge is 2.05. The molecule has 0 amide bonds. The van der Waals surface area contributed by atoms with E-state index in [0.29, 0.717) is 33.7 Å². The van der Waals surface area contributed by atoms with Crippen LogP contribution < -0.4 is 15.6 Å². The van der Waals surface area contributed by atoms with Gasteiger partial charge in [0.1, 0.15) is 11.4 Å². The molecule has 0 aliphatic carbocycles. The molecule has 2 heterocycles. The second-order valence-corrected chi connectivity index (χ2v) is 5.71. The molecule has 23 heavy (non-hydrogen) atoms. The third kappa shape index (κ3) is 3.41. The standard InChI is InChI=1S/C16H13Cl2N3O2/c1-23-14-4-3-11(6-13(14)18)19-8-12-7-16(22)21-9-10(17)2-5-15(21)20-12/h2-7,9,19H,8H2,1H3. The Labute approximate surface area is 142 Å². The van der Waals surface area contributed by atoms with Crippen LogP contribution in [-0.4, -0.2) is 16.5 Å². The number of hydrogen-bond donors (Lipinski definition) is 1. The van der Waals surface area contributed by atoms with E-state index in [1.165, 1.54) is 10.5 Å². The Morgan fingerprint density at radius 2 is 2.04 bits per heavy atom. The molecule has 0 aliphatic rings. The van der Waals surface area contributed by atoms with Crippen molar-refractivity contribution in [1.82, 2.24) is 9.38 Å². The highest BCUT2D eigenvalue weighted by atomic mass is 35.5. The van der Waals surface area contributed by atoms with Crippen LogP contribution >= 0.6 is 23.2 Å². The average Bonchev–Trinajstić information content (AvgIpc) is 2.54. The van der Waals surface area contributed by atoms with E-state index in [-0.39, 0.29) is 5.56 Å². The molecule has 5 nitrogen and oxygen atoms in total. The maximum Gasteiger partial charge on any atom is 0.258 e. The second-order valence-electron chi connectivity index (χ2n) is 4.86. The number of methoxy groups -OCH3 is 1. The normalized spacial score (nSPS) is 10.7. The largest absolute Gasteiger partial charge is 0.495 e. The van der Waals surface area contributed by atoms with Gasteiger partial charge in [-0.15, -0.1) is 0 Å². The van der Waals surface area contributed by atoms with Crippen molar-refractivity contribution >= 4 is 34.5 Å². The van der Waals surface area contributed by atoms with Crippen LogP contribution in [0.1, 0.15) is 5.69 Å². The van der Waals surface area contributed by atoms with Crippen molar-refractivity contribution in [3.8, 4) is 5.75 Å². The number of aromatic nitrogens is 2. The van der Waals surface area contributed by atoms with Crippen molar-refractivity contribution in [2.45, 2.75) is 6.54 Å². The van der Waals surface area contributed by atoms with E-state index in [4.69, 9.17) is 27.9 Å². The first-order chi connectivity index (χ1) is 11.1. The smallest absolute Gasteiger partial charge is 0.258 e. The van der Waals surface area contributed by atoms with Crippen molar-refractivity contribution in [2.75, 3.05) is 12.4 Å². The van der Waals surface area contributed by atoms with Crippen LogP contribution in [0.2, 0.25) is 10.0 Å². The van der Waals surface area contributed by atoms with E-state index in [0.717, 1.165) is 5.69 Å². The molecule has 0 bridgehead atoms. The molecule has 1 N–H and O–H groups in total. The van der Waals surface area contributed by atoms with E-state index in [2.05, 4.69) is 10.3 Å². The van der Waals surface area contributed by atoms with Gasteiger partial charge in [-0.3, -0.25) is 9.20 Å². The molecular weight excluding hydrogens is 337 g/mol. The van der Waals surface area contributed by atoms with Gasteiger partial charge in [-0.1, -0.05) is 23.2 Å². The number of pyridine rings is 1. The summed E-state index contributed by atoms with van der Waals surface area (Å²) in [7, 11) is 1.56. The molecule has 3 aromatic rings. The monoisotopic (exact) mass is 349 g/mol. The molecule has 0 aliphatic heterocycles. The number of nitrogens with zero attached hydrogens (tertiary/aromatic N) is 2. The fraction of sp³-hybridized carbons (Fsp3) is 0.125. The van der Waals surface area contributed by atoms with Crippen LogP contribution in [0.5, 0.6) is 5.75 Å². The zero-order valence-electron chi connectivity index (χ0n) is 12.2. The maximum atomic E-state index is 12.1. The Morgan fingerprint density at radius 1 is 1.22 bits per heavy atom. The number of hydrogen-bond acceptors (Lipinski definition) is 4. The van der Waals surface area contributed by atoms with Crippen LogP contribution in [0.3, 0.4) is 0 Å². The van der Waals surface area contributed by atoms with Crippen molar-refractivity contribution in [3.63, 3.8) is 0 Å². The third-order valence-corrected chi connectivity index (χ3v) is 3.82. The van der Waals surface area contributed by atoms with Gasteiger partial charge in [0.15, 0.2) is 0 Å². The molecule has 0 saturated heterocycles. The van der Waals surface area contributed by atoms with Crippen molar-refractivity contribution in [2.24, 2.45) is 0 Å². The van der Waals surface area contributed by atoms with Gasteiger partial charge < -0.3 is 10.1 Å². The molecule has 0 spiro atoms. The summed E-state index contributed by atoms with van der Waals surface area (Å²) in [5.74, 6) is 0.608. The summed E-state index contributed by atoms with van der Waals surface area (Å²) in [5.41, 5.74) is 1.81. The van der Waals surface area contributed by atoms with Crippen LogP contribution in [-0.2, 0) is 6.54 Å². The topological polar surface area (TPSA) is 55.6 Å². The van der Waals surface area contributed by atoms with E-state index >= 15 is 0 Å². The predicted molar refractivity (Wildman–Crippen MR) is 91.8 cm³/mol. The van der Waals surface area contributed by atoms with Crippen molar-refractivity contribution in [3.05, 3.63) is 68.7 Å². The Bertz CT molecular complexity index is 925. The second kappa shape index (κ2) is 6.48. The summed E-state index contributed by atoms with van der Waals surface area (Å²) in [6.45, 7) is 0.400. The zero-order valence-corrected chi connectivity index (χ0v) is 13.7. The molecule has 2 aromatic heterocycles. The number of ether oxygens (including phenoxy) is 1. The van der Waals surface area contributed by atoms with E-state index in [1.54, 1.807) is 37.6 Å². The van der Waals surface area contributed by atoms with Gasteiger partial charge in [-0.05, 0) is 30.3 Å². The number of nitrogens with one attached hydrogen (secondary N) is 1. The molecule has 7 heteroatoms. The average molecular weight is 350 g/mol. The lowest BCUT2D eigenvalue weighted by Gasteiger charge is -2.09. The summed E-state index contributed by atoms with van der Waals surface area (Å²) in [6, 6.07) is 10.3. The molecule has 0 radical (unpaired) electrons.